The number of rotatable bonds is 6. The molecule has 0 bridgehead atoms. The van der Waals surface area contributed by atoms with Crippen LogP contribution >= 0.6 is 0 Å². The van der Waals surface area contributed by atoms with E-state index < -0.39 is 0 Å². The van der Waals surface area contributed by atoms with Gasteiger partial charge in [-0.3, -0.25) is 14.6 Å². The van der Waals surface area contributed by atoms with Gasteiger partial charge in [-0.05, 0) is 51.5 Å². The number of carbonyl (C=O) groups is 1. The van der Waals surface area contributed by atoms with Gasteiger partial charge in [0.15, 0.2) is 0 Å². The number of ether oxygens (including phenoxy) is 1. The van der Waals surface area contributed by atoms with Crippen molar-refractivity contribution in [2.45, 2.75) is 33.7 Å². The van der Waals surface area contributed by atoms with Gasteiger partial charge in [-0.2, -0.15) is 10.2 Å². The van der Waals surface area contributed by atoms with E-state index in [4.69, 9.17) is 4.74 Å². The largest absolute Gasteiger partial charge is 0.494 e. The van der Waals surface area contributed by atoms with Crippen LogP contribution in [-0.4, -0.2) is 32.5 Å². The second kappa shape index (κ2) is 7.65. The average molecular weight is 367 g/mol. The Labute approximate surface area is 158 Å². The normalized spacial score (nSPS) is 12.0. The summed E-state index contributed by atoms with van der Waals surface area (Å²) in [6, 6.07) is 9.35. The molecule has 0 saturated carbocycles. The molecule has 142 valence electrons. The first-order valence-electron chi connectivity index (χ1n) is 9.00. The Kier molecular flexibility index (Phi) is 5.30. The smallest absolute Gasteiger partial charge is 0.269 e. The molecule has 1 atom stereocenters. The molecule has 0 aliphatic carbocycles. The molecular weight excluding hydrogens is 342 g/mol. The van der Waals surface area contributed by atoms with Crippen LogP contribution in [0.1, 0.15) is 47.3 Å². The van der Waals surface area contributed by atoms with Crippen LogP contribution in [0.2, 0.25) is 0 Å². The monoisotopic (exact) mass is 367 g/mol. The van der Waals surface area contributed by atoms with Gasteiger partial charge in [0.1, 0.15) is 11.4 Å². The molecule has 2 aromatic heterocycles. The average Bonchev–Trinajstić information content (AvgIpc) is 3.21. The highest BCUT2D eigenvalue weighted by Gasteiger charge is 2.18. The number of aryl methyl sites for hydroxylation is 2. The van der Waals surface area contributed by atoms with Gasteiger partial charge in [0, 0.05) is 18.3 Å². The Balaban J connectivity index is 1.72. The quantitative estimate of drug-likeness (QED) is 0.700. The van der Waals surface area contributed by atoms with Crippen LogP contribution in [0.4, 0.5) is 0 Å². The number of hydrogen-bond acceptors (Lipinski definition) is 4. The maximum atomic E-state index is 12.6. The van der Waals surface area contributed by atoms with Crippen LogP contribution < -0.4 is 10.1 Å². The summed E-state index contributed by atoms with van der Waals surface area (Å²) in [7, 11) is 1.89. The van der Waals surface area contributed by atoms with Crippen LogP contribution in [0.5, 0.6) is 5.75 Å². The van der Waals surface area contributed by atoms with E-state index in [1.807, 2.05) is 63.7 Å². The SMILES string of the molecule is CCOc1ccc(C(C)NC(=O)c2cc(-c3c(C)nn(C)c3C)n[nH]2)cc1. The van der Waals surface area contributed by atoms with Gasteiger partial charge in [-0.1, -0.05) is 12.1 Å². The number of benzene rings is 1. The van der Waals surface area contributed by atoms with Crippen LogP contribution in [0, 0.1) is 13.8 Å². The number of aromatic amines is 1. The van der Waals surface area contributed by atoms with Crippen molar-refractivity contribution in [1.29, 1.82) is 0 Å². The molecule has 0 radical (unpaired) electrons. The summed E-state index contributed by atoms with van der Waals surface area (Å²) in [5.41, 5.74) is 4.99. The molecule has 2 heterocycles. The Hall–Kier alpha value is -3.09. The van der Waals surface area contributed by atoms with Crippen LogP contribution in [0.25, 0.3) is 11.3 Å². The molecule has 0 spiro atoms. The van der Waals surface area contributed by atoms with E-state index in [2.05, 4.69) is 20.6 Å². The van der Waals surface area contributed by atoms with E-state index in [0.29, 0.717) is 12.3 Å². The number of H-pyrrole nitrogens is 1. The molecule has 2 N–H and O–H groups in total. The second-order valence-electron chi connectivity index (χ2n) is 6.53. The molecular formula is C20H25N5O2. The Morgan fingerprint density at radius 1 is 1.30 bits per heavy atom. The highest BCUT2D eigenvalue weighted by atomic mass is 16.5. The number of hydrogen-bond donors (Lipinski definition) is 2. The first-order valence-corrected chi connectivity index (χ1v) is 9.00. The first kappa shape index (κ1) is 18.7. The molecule has 1 unspecified atom stereocenters. The lowest BCUT2D eigenvalue weighted by Crippen LogP contribution is -2.26. The predicted molar refractivity (Wildman–Crippen MR) is 104 cm³/mol. The van der Waals surface area contributed by atoms with Crippen LogP contribution in [-0.2, 0) is 7.05 Å². The van der Waals surface area contributed by atoms with E-state index in [0.717, 1.165) is 34.0 Å². The molecule has 0 aliphatic rings. The molecule has 0 saturated heterocycles. The van der Waals surface area contributed by atoms with E-state index in [1.165, 1.54) is 0 Å². The van der Waals surface area contributed by atoms with Gasteiger partial charge in [0.25, 0.3) is 5.91 Å². The first-order chi connectivity index (χ1) is 12.9. The Morgan fingerprint density at radius 3 is 2.59 bits per heavy atom. The zero-order valence-corrected chi connectivity index (χ0v) is 16.3. The molecule has 27 heavy (non-hydrogen) atoms. The molecule has 1 aromatic carbocycles. The van der Waals surface area contributed by atoms with E-state index in [9.17, 15) is 4.79 Å². The molecule has 7 nitrogen and oxygen atoms in total. The maximum absolute atomic E-state index is 12.6. The van der Waals surface area contributed by atoms with Crippen LogP contribution in [0.15, 0.2) is 30.3 Å². The number of carbonyl (C=O) groups excluding carboxylic acids is 1. The molecule has 0 aliphatic heterocycles. The van der Waals surface area contributed by atoms with Crippen molar-refractivity contribution in [2.75, 3.05) is 6.61 Å². The summed E-state index contributed by atoms with van der Waals surface area (Å²) in [6.07, 6.45) is 0. The predicted octanol–water partition coefficient (Wildman–Crippen LogP) is 3.32. The minimum absolute atomic E-state index is 0.137. The van der Waals surface area contributed by atoms with Crippen molar-refractivity contribution in [3.63, 3.8) is 0 Å². The highest BCUT2D eigenvalue weighted by Crippen LogP contribution is 2.25. The maximum Gasteiger partial charge on any atom is 0.269 e. The minimum atomic E-state index is -0.200. The fraction of sp³-hybridized carbons (Fsp3) is 0.350. The third-order valence-electron chi connectivity index (χ3n) is 4.63. The van der Waals surface area contributed by atoms with Crippen molar-refractivity contribution in [3.05, 3.63) is 53.0 Å². The minimum Gasteiger partial charge on any atom is -0.494 e. The van der Waals surface area contributed by atoms with Crippen molar-refractivity contribution in [3.8, 4) is 17.0 Å². The second-order valence-corrected chi connectivity index (χ2v) is 6.53. The van der Waals surface area contributed by atoms with Gasteiger partial charge in [0.2, 0.25) is 0 Å². The van der Waals surface area contributed by atoms with Crippen molar-refractivity contribution < 1.29 is 9.53 Å². The van der Waals surface area contributed by atoms with Gasteiger partial charge < -0.3 is 10.1 Å². The van der Waals surface area contributed by atoms with Gasteiger partial charge in [-0.25, -0.2) is 0 Å². The summed E-state index contributed by atoms with van der Waals surface area (Å²) in [5, 5.41) is 14.5. The third kappa shape index (κ3) is 3.86. The molecule has 0 fully saturated rings. The number of nitrogens with one attached hydrogen (secondary N) is 2. The van der Waals surface area contributed by atoms with Crippen molar-refractivity contribution >= 4 is 5.91 Å². The summed E-state index contributed by atoms with van der Waals surface area (Å²) in [5.74, 6) is 0.620. The third-order valence-corrected chi connectivity index (χ3v) is 4.63. The van der Waals surface area contributed by atoms with Crippen LogP contribution in [0.3, 0.4) is 0 Å². The zero-order valence-electron chi connectivity index (χ0n) is 16.3. The molecule has 3 aromatic rings. The van der Waals surface area contributed by atoms with Crippen molar-refractivity contribution in [2.24, 2.45) is 7.05 Å². The lowest BCUT2D eigenvalue weighted by molar-refractivity contribution is 0.0935. The Bertz CT molecular complexity index is 940. The summed E-state index contributed by atoms with van der Waals surface area (Å²) < 4.78 is 7.26. The number of nitrogens with zero attached hydrogens (tertiary/aromatic N) is 3. The van der Waals surface area contributed by atoms with E-state index >= 15 is 0 Å². The lowest BCUT2D eigenvalue weighted by Gasteiger charge is -2.14. The zero-order chi connectivity index (χ0) is 19.6. The summed E-state index contributed by atoms with van der Waals surface area (Å²) in [4.78, 5) is 12.6. The fourth-order valence-electron chi connectivity index (χ4n) is 3.09. The molecule has 1 amide bonds. The number of amides is 1. The Morgan fingerprint density at radius 2 is 2.00 bits per heavy atom. The summed E-state index contributed by atoms with van der Waals surface area (Å²) >= 11 is 0. The van der Waals surface area contributed by atoms with Gasteiger partial charge in [-0.15, -0.1) is 0 Å². The lowest BCUT2D eigenvalue weighted by atomic mass is 10.1. The highest BCUT2D eigenvalue weighted by molar-refractivity contribution is 5.93. The van der Waals surface area contributed by atoms with Gasteiger partial charge in [0.05, 0.1) is 24.0 Å². The van der Waals surface area contributed by atoms with E-state index in [1.54, 1.807) is 6.07 Å². The summed E-state index contributed by atoms with van der Waals surface area (Å²) in [6.45, 7) is 8.44. The topological polar surface area (TPSA) is 84.8 Å². The van der Waals surface area contributed by atoms with Crippen molar-refractivity contribution in [1.82, 2.24) is 25.3 Å². The fourth-order valence-corrected chi connectivity index (χ4v) is 3.09. The van der Waals surface area contributed by atoms with Gasteiger partial charge >= 0.3 is 0 Å². The van der Waals surface area contributed by atoms with E-state index in [-0.39, 0.29) is 11.9 Å². The molecule has 3 rings (SSSR count). The molecule has 7 heteroatoms. The standard InChI is InChI=1S/C20H25N5O2/c1-6-27-16-9-7-15(8-10-16)12(2)21-20(26)18-11-17(22-23-18)19-13(3)24-25(5)14(19)4/h7-12H,6H2,1-5H3,(H,21,26)(H,22,23). The number of aromatic nitrogens is 4.